The zero-order valence-corrected chi connectivity index (χ0v) is 11.6. The number of para-hydroxylation sites is 1. The Hall–Kier alpha value is -1.93. The van der Waals surface area contributed by atoms with Gasteiger partial charge in [-0.1, -0.05) is 12.1 Å². The van der Waals surface area contributed by atoms with Crippen LogP contribution in [0.2, 0.25) is 0 Å². The van der Waals surface area contributed by atoms with Gasteiger partial charge >= 0.3 is 6.61 Å². The van der Waals surface area contributed by atoms with Crippen LogP contribution in [0, 0.1) is 0 Å². The molecule has 0 saturated carbocycles. The summed E-state index contributed by atoms with van der Waals surface area (Å²) in [6, 6.07) is 4.87. The second kappa shape index (κ2) is 9.09. The lowest BCUT2D eigenvalue weighted by Gasteiger charge is -2.14. The number of alkyl halides is 2. The van der Waals surface area contributed by atoms with E-state index in [-0.39, 0.29) is 24.7 Å². The Morgan fingerprint density at radius 2 is 2.19 bits per heavy atom. The smallest absolute Gasteiger partial charge is 0.387 e. The molecular formula is C13H18F2N2O4. The number of benzene rings is 1. The fraction of sp³-hybridized carbons (Fsp3) is 0.462. The lowest BCUT2D eigenvalue weighted by molar-refractivity contribution is -0.122. The molecule has 0 radical (unpaired) electrons. The highest BCUT2D eigenvalue weighted by molar-refractivity contribution is 5.74. The molecule has 0 fully saturated rings. The summed E-state index contributed by atoms with van der Waals surface area (Å²) in [5.74, 6) is -0.310. The van der Waals surface area contributed by atoms with Crippen LogP contribution in [-0.4, -0.2) is 39.4 Å². The lowest BCUT2D eigenvalue weighted by atomic mass is 10.2. The number of amides is 1. The maximum Gasteiger partial charge on any atom is 0.387 e. The number of methoxy groups -OCH3 is 1. The monoisotopic (exact) mass is 304 g/mol. The molecule has 0 unspecified atom stereocenters. The molecule has 8 heteroatoms. The maximum absolute atomic E-state index is 12.4. The van der Waals surface area contributed by atoms with Crippen LogP contribution in [0.15, 0.2) is 18.2 Å². The minimum Gasteiger partial charge on any atom is -0.493 e. The number of halogens is 2. The molecule has 0 atom stereocenters. The van der Waals surface area contributed by atoms with Gasteiger partial charge in [0.05, 0.1) is 13.7 Å². The van der Waals surface area contributed by atoms with Crippen LogP contribution in [0.4, 0.5) is 8.78 Å². The summed E-state index contributed by atoms with van der Waals surface area (Å²) in [6.45, 7) is -2.09. The van der Waals surface area contributed by atoms with Crippen LogP contribution in [0.5, 0.6) is 11.5 Å². The Morgan fingerprint density at radius 1 is 1.43 bits per heavy atom. The van der Waals surface area contributed by atoms with E-state index in [2.05, 4.69) is 10.1 Å². The minimum atomic E-state index is -2.93. The van der Waals surface area contributed by atoms with Crippen LogP contribution < -0.4 is 20.5 Å². The number of nitrogens with two attached hydrogens (primary N) is 1. The Bertz CT molecular complexity index is 458. The fourth-order valence-electron chi connectivity index (χ4n) is 1.62. The molecule has 21 heavy (non-hydrogen) atoms. The van der Waals surface area contributed by atoms with Gasteiger partial charge in [0.2, 0.25) is 5.91 Å². The Balaban J connectivity index is 2.51. The molecule has 0 saturated heterocycles. The predicted octanol–water partition coefficient (Wildman–Crippen LogP) is 0.888. The van der Waals surface area contributed by atoms with Crippen molar-refractivity contribution in [3.63, 3.8) is 0 Å². The van der Waals surface area contributed by atoms with Gasteiger partial charge in [-0.2, -0.15) is 8.78 Å². The number of carbonyl (C=O) groups excluding carboxylic acids is 1. The Morgan fingerprint density at radius 3 is 2.81 bits per heavy atom. The summed E-state index contributed by atoms with van der Waals surface area (Å²) in [7, 11) is 1.38. The molecule has 0 aliphatic carbocycles. The number of hydrogen-bond acceptors (Lipinski definition) is 5. The van der Waals surface area contributed by atoms with E-state index in [1.807, 2.05) is 0 Å². The highest BCUT2D eigenvalue weighted by Crippen LogP contribution is 2.32. The molecule has 1 amide bonds. The van der Waals surface area contributed by atoms with Crippen molar-refractivity contribution in [1.82, 2.24) is 5.32 Å². The second-order valence-corrected chi connectivity index (χ2v) is 4.02. The third-order valence-corrected chi connectivity index (χ3v) is 2.47. The second-order valence-electron chi connectivity index (χ2n) is 4.02. The van der Waals surface area contributed by atoms with Crippen molar-refractivity contribution < 1.29 is 27.8 Å². The first-order chi connectivity index (χ1) is 10.0. The van der Waals surface area contributed by atoms with Gasteiger partial charge in [0.15, 0.2) is 11.5 Å². The number of rotatable bonds is 10. The lowest BCUT2D eigenvalue weighted by Crippen LogP contribution is -2.24. The van der Waals surface area contributed by atoms with Crippen molar-refractivity contribution in [3.8, 4) is 11.5 Å². The number of hydrogen-bond donors (Lipinski definition) is 2. The SMILES string of the molecule is COc1cccc(CNCCOCC(N)=O)c1OC(F)F. The highest BCUT2D eigenvalue weighted by atomic mass is 19.3. The average Bonchev–Trinajstić information content (AvgIpc) is 2.43. The van der Waals surface area contributed by atoms with E-state index < -0.39 is 12.5 Å². The molecule has 1 aromatic carbocycles. The molecule has 0 aromatic heterocycles. The number of carbonyl (C=O) groups is 1. The zero-order chi connectivity index (χ0) is 15.7. The van der Waals surface area contributed by atoms with Crippen molar-refractivity contribution in [2.75, 3.05) is 26.9 Å². The molecule has 0 heterocycles. The first-order valence-electron chi connectivity index (χ1n) is 6.22. The molecule has 0 aliphatic rings. The molecule has 6 nitrogen and oxygen atoms in total. The molecule has 118 valence electrons. The molecule has 0 spiro atoms. The van der Waals surface area contributed by atoms with Crippen LogP contribution in [-0.2, 0) is 16.1 Å². The summed E-state index contributed by atoms with van der Waals surface area (Å²) in [5.41, 5.74) is 5.44. The first kappa shape index (κ1) is 17.1. The summed E-state index contributed by atoms with van der Waals surface area (Å²) < 4.78 is 39.3. The van der Waals surface area contributed by atoms with E-state index in [4.69, 9.17) is 15.2 Å². The Kier molecular flexibility index (Phi) is 7.41. The van der Waals surface area contributed by atoms with Gasteiger partial charge in [0, 0.05) is 18.7 Å². The van der Waals surface area contributed by atoms with Crippen LogP contribution >= 0.6 is 0 Å². The van der Waals surface area contributed by atoms with E-state index in [0.29, 0.717) is 18.7 Å². The molecule has 1 aromatic rings. The number of primary amides is 1. The van der Waals surface area contributed by atoms with E-state index >= 15 is 0 Å². The van der Waals surface area contributed by atoms with E-state index in [9.17, 15) is 13.6 Å². The van der Waals surface area contributed by atoms with Crippen LogP contribution in [0.25, 0.3) is 0 Å². The third-order valence-electron chi connectivity index (χ3n) is 2.47. The van der Waals surface area contributed by atoms with Crippen molar-refractivity contribution in [1.29, 1.82) is 0 Å². The highest BCUT2D eigenvalue weighted by Gasteiger charge is 2.14. The van der Waals surface area contributed by atoms with E-state index in [0.717, 1.165) is 0 Å². The average molecular weight is 304 g/mol. The normalized spacial score (nSPS) is 10.7. The van der Waals surface area contributed by atoms with Crippen molar-refractivity contribution in [2.24, 2.45) is 5.73 Å². The van der Waals surface area contributed by atoms with Gasteiger partial charge in [-0.15, -0.1) is 0 Å². The fourth-order valence-corrected chi connectivity index (χ4v) is 1.62. The third kappa shape index (κ3) is 6.37. The molecule has 3 N–H and O–H groups in total. The predicted molar refractivity (Wildman–Crippen MR) is 71.3 cm³/mol. The maximum atomic E-state index is 12.4. The van der Waals surface area contributed by atoms with Crippen LogP contribution in [0.3, 0.4) is 0 Å². The summed E-state index contributed by atoms with van der Waals surface area (Å²) in [4.78, 5) is 10.4. The molecule has 1 rings (SSSR count). The summed E-state index contributed by atoms with van der Waals surface area (Å²) in [6.07, 6.45) is 0. The standard InChI is InChI=1S/C13H18F2N2O4/c1-19-10-4-2-3-9(12(10)21-13(14)15)7-17-5-6-20-8-11(16)18/h2-4,13,17H,5-8H2,1H3,(H2,16,18). The summed E-state index contributed by atoms with van der Waals surface area (Å²) in [5, 5.41) is 2.98. The number of nitrogens with one attached hydrogen (secondary N) is 1. The van der Waals surface area contributed by atoms with Crippen LogP contribution in [0.1, 0.15) is 5.56 Å². The van der Waals surface area contributed by atoms with Crippen molar-refractivity contribution in [2.45, 2.75) is 13.2 Å². The molecular weight excluding hydrogens is 286 g/mol. The molecule has 0 bridgehead atoms. The van der Waals surface area contributed by atoms with Gasteiger partial charge in [-0.05, 0) is 6.07 Å². The topological polar surface area (TPSA) is 82.8 Å². The van der Waals surface area contributed by atoms with Gasteiger partial charge in [-0.3, -0.25) is 4.79 Å². The van der Waals surface area contributed by atoms with E-state index in [1.54, 1.807) is 12.1 Å². The van der Waals surface area contributed by atoms with Gasteiger partial charge in [-0.25, -0.2) is 0 Å². The van der Waals surface area contributed by atoms with E-state index in [1.165, 1.54) is 13.2 Å². The quantitative estimate of drug-likeness (QED) is 0.627. The summed E-state index contributed by atoms with van der Waals surface area (Å²) >= 11 is 0. The zero-order valence-electron chi connectivity index (χ0n) is 11.6. The number of ether oxygens (including phenoxy) is 3. The first-order valence-corrected chi connectivity index (χ1v) is 6.22. The minimum absolute atomic E-state index is 0.000513. The van der Waals surface area contributed by atoms with Gasteiger partial charge < -0.3 is 25.3 Å². The largest absolute Gasteiger partial charge is 0.493 e. The van der Waals surface area contributed by atoms with Crippen molar-refractivity contribution >= 4 is 5.91 Å². The molecule has 0 aliphatic heterocycles. The van der Waals surface area contributed by atoms with Gasteiger partial charge in [0.25, 0.3) is 0 Å². The van der Waals surface area contributed by atoms with Crippen molar-refractivity contribution in [3.05, 3.63) is 23.8 Å². The van der Waals surface area contributed by atoms with Gasteiger partial charge in [0.1, 0.15) is 6.61 Å². The Labute approximate surface area is 121 Å².